The highest BCUT2D eigenvalue weighted by Gasteiger charge is 2.16. The van der Waals surface area contributed by atoms with Gasteiger partial charge in [-0.3, -0.25) is 9.78 Å². The van der Waals surface area contributed by atoms with Crippen LogP contribution in [-0.4, -0.2) is 22.0 Å². The maximum atomic E-state index is 11.9. The van der Waals surface area contributed by atoms with E-state index in [2.05, 4.69) is 9.97 Å². The first-order valence-corrected chi connectivity index (χ1v) is 6.58. The van der Waals surface area contributed by atoms with Gasteiger partial charge in [-0.25, -0.2) is 9.78 Å². The Morgan fingerprint density at radius 1 is 1.38 bits per heavy atom. The van der Waals surface area contributed by atoms with Crippen molar-refractivity contribution in [1.82, 2.24) is 9.97 Å². The van der Waals surface area contributed by atoms with Crippen LogP contribution in [0.15, 0.2) is 35.1 Å². The molecule has 2 rings (SSSR count). The fourth-order valence-electron chi connectivity index (χ4n) is 2.03. The van der Waals surface area contributed by atoms with Gasteiger partial charge in [-0.1, -0.05) is 18.2 Å². The van der Waals surface area contributed by atoms with E-state index in [0.717, 1.165) is 0 Å². The van der Waals surface area contributed by atoms with Crippen LogP contribution >= 0.6 is 0 Å². The molecule has 3 N–H and O–H groups in total. The molecular formula is C15H17N3O3. The lowest BCUT2D eigenvalue weighted by Crippen LogP contribution is -2.25. The van der Waals surface area contributed by atoms with Gasteiger partial charge in [0.05, 0.1) is 11.3 Å². The molecule has 0 amide bonds. The number of ether oxygens (including phenoxy) is 1. The number of hydrogen-bond donors (Lipinski definition) is 2. The number of H-pyrrole nitrogens is 1. The molecule has 21 heavy (non-hydrogen) atoms. The fourth-order valence-corrected chi connectivity index (χ4v) is 2.03. The Morgan fingerprint density at radius 3 is 2.67 bits per heavy atom. The number of carbonyl (C=O) groups excluding carboxylic acids is 1. The number of esters is 1. The van der Waals surface area contributed by atoms with E-state index in [1.54, 1.807) is 38.1 Å². The van der Waals surface area contributed by atoms with Gasteiger partial charge in [-0.05, 0) is 26.0 Å². The highest BCUT2D eigenvalue weighted by molar-refractivity contribution is 5.89. The van der Waals surface area contributed by atoms with Gasteiger partial charge in [0.15, 0.2) is 0 Å². The summed E-state index contributed by atoms with van der Waals surface area (Å²) in [6, 6.07) is 8.71. The van der Waals surface area contributed by atoms with Crippen molar-refractivity contribution in [1.29, 1.82) is 0 Å². The molecule has 1 unspecified atom stereocenters. The molecule has 6 heteroatoms. The van der Waals surface area contributed by atoms with E-state index in [0.29, 0.717) is 16.8 Å². The smallest absolute Gasteiger partial charge is 0.338 e. The van der Waals surface area contributed by atoms with Crippen molar-refractivity contribution in [2.24, 2.45) is 0 Å². The summed E-state index contributed by atoms with van der Waals surface area (Å²) in [6.07, 6.45) is -0.157. The first-order valence-electron chi connectivity index (χ1n) is 6.58. The predicted octanol–water partition coefficient (Wildman–Crippen LogP) is 1.45. The summed E-state index contributed by atoms with van der Waals surface area (Å²) < 4.78 is 5.33. The molecule has 0 spiro atoms. The van der Waals surface area contributed by atoms with Crippen LogP contribution in [-0.2, 0) is 11.2 Å². The maximum absolute atomic E-state index is 11.9. The Labute approximate surface area is 122 Å². The number of aromatic amines is 1. The summed E-state index contributed by atoms with van der Waals surface area (Å²) in [5.41, 5.74) is 6.65. The molecule has 0 saturated carbocycles. The van der Waals surface area contributed by atoms with Crippen LogP contribution in [0.4, 0.5) is 5.95 Å². The zero-order valence-electron chi connectivity index (χ0n) is 11.9. The molecule has 2 aromatic rings. The molecule has 0 saturated heterocycles. The second-order valence-corrected chi connectivity index (χ2v) is 4.80. The summed E-state index contributed by atoms with van der Waals surface area (Å²) in [5, 5.41) is 0. The normalized spacial score (nSPS) is 11.9. The van der Waals surface area contributed by atoms with Gasteiger partial charge in [-0.15, -0.1) is 0 Å². The average Bonchev–Trinajstić information content (AvgIpc) is 2.43. The van der Waals surface area contributed by atoms with Gasteiger partial charge in [0.25, 0.3) is 5.56 Å². The molecule has 1 atom stereocenters. The van der Waals surface area contributed by atoms with Gasteiger partial charge in [-0.2, -0.15) is 0 Å². The zero-order chi connectivity index (χ0) is 15.4. The topological polar surface area (TPSA) is 98.1 Å². The number of rotatable bonds is 4. The van der Waals surface area contributed by atoms with Crippen molar-refractivity contribution < 1.29 is 9.53 Å². The Hall–Kier alpha value is -2.63. The van der Waals surface area contributed by atoms with Gasteiger partial charge in [0, 0.05) is 12.0 Å². The lowest BCUT2D eigenvalue weighted by Gasteiger charge is -2.14. The molecule has 110 valence electrons. The standard InChI is InChI=1S/C15H17N3O3/c1-9(21-14(20)11-6-4-3-5-7-11)8-12-10(2)17-15(16)18-13(12)19/h3-7,9H,8H2,1-2H3,(H3,16,17,18,19). The second-order valence-electron chi connectivity index (χ2n) is 4.80. The van der Waals surface area contributed by atoms with Crippen LogP contribution in [0.1, 0.15) is 28.5 Å². The molecule has 0 aliphatic carbocycles. The quantitative estimate of drug-likeness (QED) is 0.829. The van der Waals surface area contributed by atoms with Crippen molar-refractivity contribution in [3.05, 3.63) is 57.5 Å². The van der Waals surface area contributed by atoms with Crippen LogP contribution in [0.25, 0.3) is 0 Å². The number of nitrogens with one attached hydrogen (secondary N) is 1. The number of nitrogens with two attached hydrogens (primary N) is 1. The number of carbonyl (C=O) groups is 1. The molecular weight excluding hydrogens is 270 g/mol. The highest BCUT2D eigenvalue weighted by atomic mass is 16.5. The third-order valence-corrected chi connectivity index (χ3v) is 3.05. The van der Waals surface area contributed by atoms with Crippen LogP contribution in [0, 0.1) is 6.92 Å². The molecule has 1 aromatic heterocycles. The minimum Gasteiger partial charge on any atom is -0.459 e. The molecule has 1 heterocycles. The van der Waals surface area contributed by atoms with Crippen LogP contribution in [0.5, 0.6) is 0 Å². The van der Waals surface area contributed by atoms with E-state index in [1.807, 2.05) is 6.07 Å². The SMILES string of the molecule is Cc1nc(N)[nH]c(=O)c1CC(C)OC(=O)c1ccccc1. The lowest BCUT2D eigenvalue weighted by atomic mass is 10.1. The number of benzene rings is 1. The molecule has 0 bridgehead atoms. The summed E-state index contributed by atoms with van der Waals surface area (Å²) in [7, 11) is 0. The fraction of sp³-hybridized carbons (Fsp3) is 0.267. The van der Waals surface area contributed by atoms with Crippen molar-refractivity contribution in [2.75, 3.05) is 5.73 Å². The third kappa shape index (κ3) is 3.68. The summed E-state index contributed by atoms with van der Waals surface area (Å²) in [4.78, 5) is 30.2. The lowest BCUT2D eigenvalue weighted by molar-refractivity contribution is 0.0342. The van der Waals surface area contributed by atoms with Crippen molar-refractivity contribution >= 4 is 11.9 Å². The molecule has 0 aliphatic heterocycles. The zero-order valence-corrected chi connectivity index (χ0v) is 11.9. The predicted molar refractivity (Wildman–Crippen MR) is 79.0 cm³/mol. The minimum atomic E-state index is -0.442. The Bertz CT molecular complexity index is 695. The molecule has 1 aromatic carbocycles. The van der Waals surface area contributed by atoms with Gasteiger partial charge in [0.1, 0.15) is 6.10 Å². The molecule has 0 radical (unpaired) electrons. The van der Waals surface area contributed by atoms with E-state index >= 15 is 0 Å². The number of nitrogens with zero attached hydrogens (tertiary/aromatic N) is 1. The Kier molecular flexibility index (Phi) is 4.37. The van der Waals surface area contributed by atoms with Crippen LogP contribution < -0.4 is 11.3 Å². The monoisotopic (exact) mass is 287 g/mol. The molecule has 0 fully saturated rings. The second kappa shape index (κ2) is 6.21. The Morgan fingerprint density at radius 2 is 2.05 bits per heavy atom. The largest absolute Gasteiger partial charge is 0.459 e. The number of nitrogen functional groups attached to an aromatic ring is 1. The maximum Gasteiger partial charge on any atom is 0.338 e. The van der Waals surface area contributed by atoms with Crippen LogP contribution in [0.3, 0.4) is 0 Å². The summed E-state index contributed by atoms with van der Waals surface area (Å²) in [6.45, 7) is 3.43. The van der Waals surface area contributed by atoms with E-state index in [4.69, 9.17) is 10.5 Å². The van der Waals surface area contributed by atoms with E-state index < -0.39 is 12.1 Å². The average molecular weight is 287 g/mol. The first-order chi connectivity index (χ1) is 9.97. The third-order valence-electron chi connectivity index (χ3n) is 3.05. The van der Waals surface area contributed by atoms with E-state index in [1.165, 1.54) is 0 Å². The minimum absolute atomic E-state index is 0.0789. The number of aryl methyl sites for hydroxylation is 1. The molecule has 6 nitrogen and oxygen atoms in total. The van der Waals surface area contributed by atoms with Crippen molar-refractivity contribution in [3.8, 4) is 0 Å². The Balaban J connectivity index is 2.08. The van der Waals surface area contributed by atoms with E-state index in [9.17, 15) is 9.59 Å². The number of anilines is 1. The van der Waals surface area contributed by atoms with Crippen LogP contribution in [0.2, 0.25) is 0 Å². The first kappa shape index (κ1) is 14.8. The van der Waals surface area contributed by atoms with E-state index in [-0.39, 0.29) is 17.9 Å². The number of hydrogen-bond acceptors (Lipinski definition) is 5. The molecule has 0 aliphatic rings. The highest BCUT2D eigenvalue weighted by Crippen LogP contribution is 2.09. The van der Waals surface area contributed by atoms with Crippen molar-refractivity contribution in [3.63, 3.8) is 0 Å². The summed E-state index contributed by atoms with van der Waals surface area (Å²) in [5.74, 6) is -0.337. The summed E-state index contributed by atoms with van der Waals surface area (Å²) >= 11 is 0. The van der Waals surface area contributed by atoms with Gasteiger partial charge < -0.3 is 10.5 Å². The van der Waals surface area contributed by atoms with Gasteiger partial charge >= 0.3 is 5.97 Å². The van der Waals surface area contributed by atoms with Crippen molar-refractivity contribution in [2.45, 2.75) is 26.4 Å². The van der Waals surface area contributed by atoms with Gasteiger partial charge in [0.2, 0.25) is 5.95 Å². The number of aromatic nitrogens is 2.